The summed E-state index contributed by atoms with van der Waals surface area (Å²) in [7, 11) is 0. The number of phenolic OH excluding ortho intramolecular Hbond substituents is 1. The van der Waals surface area contributed by atoms with E-state index in [0.29, 0.717) is 17.1 Å². The van der Waals surface area contributed by atoms with Crippen LogP contribution < -0.4 is 5.73 Å². The third kappa shape index (κ3) is 1.52. The quantitative estimate of drug-likeness (QED) is 0.667. The smallest absolute Gasteiger partial charge is 0.165 e. The Labute approximate surface area is 85.6 Å². The van der Waals surface area contributed by atoms with Crippen molar-refractivity contribution in [1.29, 1.82) is 0 Å². The van der Waals surface area contributed by atoms with Gasteiger partial charge in [0, 0.05) is 11.6 Å². The second-order valence-electron chi connectivity index (χ2n) is 3.29. The molecule has 1 heterocycles. The van der Waals surface area contributed by atoms with Gasteiger partial charge in [-0.05, 0) is 18.6 Å². The Morgan fingerprint density at radius 3 is 2.80 bits per heavy atom. The summed E-state index contributed by atoms with van der Waals surface area (Å²) in [4.78, 5) is 0. The third-order valence-electron chi connectivity index (χ3n) is 2.20. The standard InChI is InChI=1S/C10H10FN3O/c1-5-2-3-6(11)10(15)9(5)7-4-8(12)14-13-7/h2-4,15H,1H3,(H3,12,13,14). The van der Waals surface area contributed by atoms with E-state index in [1.165, 1.54) is 6.07 Å². The van der Waals surface area contributed by atoms with Crippen molar-refractivity contribution in [3.63, 3.8) is 0 Å². The zero-order valence-corrected chi connectivity index (χ0v) is 8.08. The lowest BCUT2D eigenvalue weighted by atomic mass is 10.0. The highest BCUT2D eigenvalue weighted by atomic mass is 19.1. The fourth-order valence-electron chi connectivity index (χ4n) is 1.47. The van der Waals surface area contributed by atoms with E-state index in [-0.39, 0.29) is 0 Å². The zero-order chi connectivity index (χ0) is 11.0. The topological polar surface area (TPSA) is 74.9 Å². The lowest BCUT2D eigenvalue weighted by molar-refractivity contribution is 0.434. The fourth-order valence-corrected chi connectivity index (χ4v) is 1.47. The average molecular weight is 207 g/mol. The molecule has 0 spiro atoms. The minimum absolute atomic E-state index is 0.299. The molecule has 0 fully saturated rings. The number of nitrogens with zero attached hydrogens (tertiary/aromatic N) is 1. The molecule has 5 heteroatoms. The van der Waals surface area contributed by atoms with Crippen LogP contribution in [0.4, 0.5) is 10.2 Å². The molecule has 0 radical (unpaired) electrons. The van der Waals surface area contributed by atoms with E-state index >= 15 is 0 Å². The molecule has 0 amide bonds. The normalized spacial score (nSPS) is 10.5. The van der Waals surface area contributed by atoms with Gasteiger partial charge in [0.2, 0.25) is 0 Å². The molecule has 0 aliphatic carbocycles. The second-order valence-corrected chi connectivity index (χ2v) is 3.29. The molecule has 0 unspecified atom stereocenters. The number of H-pyrrole nitrogens is 1. The summed E-state index contributed by atoms with van der Waals surface area (Å²) in [5.41, 5.74) is 7.07. The number of anilines is 1. The summed E-state index contributed by atoms with van der Waals surface area (Å²) in [6.07, 6.45) is 0. The Morgan fingerprint density at radius 1 is 1.47 bits per heavy atom. The number of hydrogen-bond acceptors (Lipinski definition) is 3. The highest BCUT2D eigenvalue weighted by molar-refractivity contribution is 5.72. The van der Waals surface area contributed by atoms with Crippen molar-refractivity contribution in [3.8, 4) is 17.0 Å². The van der Waals surface area contributed by atoms with Crippen LogP contribution >= 0.6 is 0 Å². The molecular formula is C10H10FN3O. The maximum absolute atomic E-state index is 13.1. The number of nitrogen functional groups attached to an aromatic ring is 1. The summed E-state index contributed by atoms with van der Waals surface area (Å²) < 4.78 is 13.1. The maximum atomic E-state index is 13.1. The number of phenols is 1. The first-order chi connectivity index (χ1) is 7.09. The van der Waals surface area contributed by atoms with E-state index in [9.17, 15) is 9.50 Å². The molecule has 0 saturated carbocycles. The third-order valence-corrected chi connectivity index (χ3v) is 2.20. The summed E-state index contributed by atoms with van der Waals surface area (Å²) in [6, 6.07) is 4.34. The van der Waals surface area contributed by atoms with Gasteiger partial charge >= 0.3 is 0 Å². The van der Waals surface area contributed by atoms with Crippen molar-refractivity contribution in [3.05, 3.63) is 29.6 Å². The van der Waals surface area contributed by atoms with Crippen LogP contribution in [0.5, 0.6) is 5.75 Å². The number of halogens is 1. The Bertz CT molecular complexity index is 507. The number of nitrogens with two attached hydrogens (primary N) is 1. The molecule has 4 nitrogen and oxygen atoms in total. The molecular weight excluding hydrogens is 197 g/mol. The van der Waals surface area contributed by atoms with Crippen LogP contribution in [0.25, 0.3) is 11.3 Å². The summed E-state index contributed by atoms with van der Waals surface area (Å²) >= 11 is 0. The van der Waals surface area contributed by atoms with Gasteiger partial charge < -0.3 is 10.8 Å². The Kier molecular flexibility index (Phi) is 2.07. The van der Waals surface area contributed by atoms with E-state index in [0.717, 1.165) is 5.56 Å². The van der Waals surface area contributed by atoms with Gasteiger partial charge in [0.1, 0.15) is 5.82 Å². The number of aromatic nitrogens is 2. The molecule has 15 heavy (non-hydrogen) atoms. The van der Waals surface area contributed by atoms with Crippen LogP contribution in [0.3, 0.4) is 0 Å². The highest BCUT2D eigenvalue weighted by Crippen LogP contribution is 2.33. The van der Waals surface area contributed by atoms with Crippen molar-refractivity contribution in [2.75, 3.05) is 5.73 Å². The zero-order valence-electron chi connectivity index (χ0n) is 8.08. The van der Waals surface area contributed by atoms with Gasteiger partial charge in [0.15, 0.2) is 11.6 Å². The number of aromatic amines is 1. The largest absolute Gasteiger partial charge is 0.504 e. The van der Waals surface area contributed by atoms with Crippen LogP contribution in [-0.2, 0) is 0 Å². The van der Waals surface area contributed by atoms with Gasteiger partial charge in [-0.15, -0.1) is 0 Å². The predicted molar refractivity (Wildman–Crippen MR) is 54.8 cm³/mol. The lowest BCUT2D eigenvalue weighted by Gasteiger charge is -2.06. The number of rotatable bonds is 1. The van der Waals surface area contributed by atoms with Gasteiger partial charge in [0.25, 0.3) is 0 Å². The van der Waals surface area contributed by atoms with Crippen LogP contribution in [0, 0.1) is 12.7 Å². The van der Waals surface area contributed by atoms with Gasteiger partial charge in [-0.3, -0.25) is 5.10 Å². The van der Waals surface area contributed by atoms with Crippen molar-refractivity contribution < 1.29 is 9.50 Å². The van der Waals surface area contributed by atoms with Gasteiger partial charge in [0.05, 0.1) is 5.69 Å². The van der Waals surface area contributed by atoms with Crippen LogP contribution in [0.1, 0.15) is 5.56 Å². The van der Waals surface area contributed by atoms with Crippen LogP contribution in [-0.4, -0.2) is 15.3 Å². The molecule has 0 aliphatic heterocycles. The average Bonchev–Trinajstić information content (AvgIpc) is 2.59. The first-order valence-electron chi connectivity index (χ1n) is 4.39. The number of aromatic hydroxyl groups is 1. The summed E-state index contributed by atoms with van der Waals surface area (Å²) in [5.74, 6) is -0.754. The molecule has 2 aromatic rings. The first-order valence-corrected chi connectivity index (χ1v) is 4.39. The number of benzene rings is 1. The molecule has 2 rings (SSSR count). The maximum Gasteiger partial charge on any atom is 0.165 e. The summed E-state index contributed by atoms with van der Waals surface area (Å²) in [5, 5.41) is 15.9. The van der Waals surface area contributed by atoms with E-state index in [1.807, 2.05) is 0 Å². The monoisotopic (exact) mass is 207 g/mol. The van der Waals surface area contributed by atoms with E-state index in [4.69, 9.17) is 5.73 Å². The molecule has 1 aromatic heterocycles. The van der Waals surface area contributed by atoms with Crippen molar-refractivity contribution >= 4 is 5.82 Å². The van der Waals surface area contributed by atoms with Crippen LogP contribution in [0.15, 0.2) is 18.2 Å². The van der Waals surface area contributed by atoms with Crippen LogP contribution in [0.2, 0.25) is 0 Å². The Hall–Kier alpha value is -2.04. The first kappa shape index (κ1) is 9.51. The number of aryl methyl sites for hydroxylation is 1. The van der Waals surface area contributed by atoms with E-state index in [1.54, 1.807) is 19.1 Å². The fraction of sp³-hybridized carbons (Fsp3) is 0.100. The molecule has 0 saturated heterocycles. The van der Waals surface area contributed by atoms with Crippen molar-refractivity contribution in [2.24, 2.45) is 0 Å². The minimum Gasteiger partial charge on any atom is -0.504 e. The molecule has 0 bridgehead atoms. The van der Waals surface area contributed by atoms with E-state index in [2.05, 4.69) is 10.2 Å². The van der Waals surface area contributed by atoms with Crippen molar-refractivity contribution in [1.82, 2.24) is 10.2 Å². The van der Waals surface area contributed by atoms with Crippen molar-refractivity contribution in [2.45, 2.75) is 6.92 Å². The predicted octanol–water partition coefficient (Wildman–Crippen LogP) is 1.81. The van der Waals surface area contributed by atoms with Gasteiger partial charge in [-0.25, -0.2) is 4.39 Å². The number of hydrogen-bond donors (Lipinski definition) is 3. The Balaban J connectivity index is 2.66. The number of nitrogens with one attached hydrogen (secondary N) is 1. The molecule has 1 aromatic carbocycles. The lowest BCUT2D eigenvalue weighted by Crippen LogP contribution is -1.88. The highest BCUT2D eigenvalue weighted by Gasteiger charge is 2.13. The molecule has 78 valence electrons. The molecule has 4 N–H and O–H groups in total. The van der Waals surface area contributed by atoms with Gasteiger partial charge in [-0.2, -0.15) is 5.10 Å². The second kappa shape index (κ2) is 3.27. The van der Waals surface area contributed by atoms with E-state index < -0.39 is 11.6 Å². The summed E-state index contributed by atoms with van der Waals surface area (Å²) in [6.45, 7) is 1.77. The SMILES string of the molecule is Cc1ccc(F)c(O)c1-c1cc(N)n[nH]1. The van der Waals surface area contributed by atoms with Gasteiger partial charge in [-0.1, -0.05) is 6.07 Å². The molecule has 0 aliphatic rings. The molecule has 0 atom stereocenters. The minimum atomic E-state index is -0.663. The Morgan fingerprint density at radius 2 is 2.20 bits per heavy atom.